The van der Waals surface area contributed by atoms with Crippen molar-refractivity contribution < 1.29 is 28.3 Å². The van der Waals surface area contributed by atoms with E-state index in [0.29, 0.717) is 28.9 Å². The van der Waals surface area contributed by atoms with Crippen LogP contribution in [-0.4, -0.2) is 70.1 Å². The second-order valence-electron chi connectivity index (χ2n) is 11.2. The second kappa shape index (κ2) is 10.4. The van der Waals surface area contributed by atoms with Gasteiger partial charge in [0.15, 0.2) is 17.3 Å². The normalized spacial score (nSPS) is 25.9. The molecule has 10 heteroatoms. The van der Waals surface area contributed by atoms with E-state index in [1.54, 1.807) is 18.2 Å². The zero-order chi connectivity index (χ0) is 27.1. The van der Waals surface area contributed by atoms with Crippen molar-refractivity contribution in [3.05, 3.63) is 35.3 Å². The molecular weight excluding hydrogens is 500 g/mol. The van der Waals surface area contributed by atoms with Crippen LogP contribution >= 0.6 is 0 Å². The molecule has 3 aromatic heterocycles. The second-order valence-corrected chi connectivity index (χ2v) is 11.2. The van der Waals surface area contributed by atoms with E-state index in [9.17, 15) is 9.90 Å². The molecule has 3 aromatic rings. The molecule has 0 radical (unpaired) electrons. The Hall–Kier alpha value is -3.24. The molecule has 1 spiro atoms. The highest BCUT2D eigenvalue weighted by atomic mass is 16.5. The predicted octanol–water partition coefficient (Wildman–Crippen LogP) is 4.55. The number of likely N-dealkylation sites (N-methyl/N-ethyl adjacent to an activating group) is 1. The maximum atomic E-state index is 12.0. The van der Waals surface area contributed by atoms with Crippen molar-refractivity contribution in [1.29, 1.82) is 0 Å². The van der Waals surface area contributed by atoms with Crippen molar-refractivity contribution in [3.8, 4) is 28.9 Å². The van der Waals surface area contributed by atoms with Crippen molar-refractivity contribution in [2.75, 3.05) is 20.7 Å². The minimum absolute atomic E-state index is 0.0862. The first kappa shape index (κ1) is 26.0. The first-order valence-corrected chi connectivity index (χ1v) is 14.0. The number of furan rings is 1. The van der Waals surface area contributed by atoms with Crippen LogP contribution in [-0.2, 0) is 16.6 Å². The minimum atomic E-state index is -0.563. The lowest BCUT2D eigenvalue weighted by Crippen LogP contribution is -2.44. The van der Waals surface area contributed by atoms with E-state index < -0.39 is 17.5 Å². The summed E-state index contributed by atoms with van der Waals surface area (Å²) in [5, 5.41) is 15.5. The number of aromatic nitrogens is 3. The molecule has 39 heavy (non-hydrogen) atoms. The highest BCUT2D eigenvalue weighted by Gasteiger charge is 2.48. The number of ether oxygens (including phenoxy) is 2. The Balaban J connectivity index is 1.41. The van der Waals surface area contributed by atoms with Gasteiger partial charge in [0, 0.05) is 17.7 Å². The van der Waals surface area contributed by atoms with E-state index in [2.05, 4.69) is 24.0 Å². The summed E-state index contributed by atoms with van der Waals surface area (Å²) in [7, 11) is 3.42. The molecule has 1 unspecified atom stereocenters. The van der Waals surface area contributed by atoms with Crippen LogP contribution in [0.25, 0.3) is 23.0 Å². The Morgan fingerprint density at radius 1 is 1.18 bits per heavy atom. The first-order valence-electron chi connectivity index (χ1n) is 14.0. The molecule has 1 aliphatic heterocycles. The SMILES string of the molecule is COC(=O)c1ccc(-c2cc(O[C@@H](C)[C@@H]3CCCN3C)nc(-c3noc4c3CCC[C@@]43CCCCC3O)n2)o1. The summed E-state index contributed by atoms with van der Waals surface area (Å²) in [6.45, 7) is 3.10. The third-order valence-corrected chi connectivity index (χ3v) is 8.86. The van der Waals surface area contributed by atoms with Gasteiger partial charge in [-0.25, -0.2) is 9.78 Å². The number of aliphatic hydroxyl groups excluding tert-OH is 1. The number of methoxy groups -OCH3 is 1. The van der Waals surface area contributed by atoms with E-state index in [0.717, 1.165) is 75.7 Å². The molecule has 10 nitrogen and oxygen atoms in total. The van der Waals surface area contributed by atoms with Crippen LogP contribution in [0.5, 0.6) is 5.88 Å². The van der Waals surface area contributed by atoms with Gasteiger partial charge < -0.3 is 23.5 Å². The van der Waals surface area contributed by atoms with Gasteiger partial charge in [0.25, 0.3) is 0 Å². The van der Waals surface area contributed by atoms with Crippen LogP contribution in [0.15, 0.2) is 27.1 Å². The highest BCUT2D eigenvalue weighted by molar-refractivity contribution is 5.86. The van der Waals surface area contributed by atoms with Crippen LogP contribution in [0.4, 0.5) is 0 Å². The first-order chi connectivity index (χ1) is 18.9. The van der Waals surface area contributed by atoms with Crippen molar-refractivity contribution in [3.63, 3.8) is 0 Å². The summed E-state index contributed by atoms with van der Waals surface area (Å²) < 4.78 is 23.0. The maximum Gasteiger partial charge on any atom is 0.373 e. The third-order valence-electron chi connectivity index (χ3n) is 8.86. The Labute approximate surface area is 227 Å². The lowest BCUT2D eigenvalue weighted by molar-refractivity contribution is 0.0149. The number of esters is 1. The predicted molar refractivity (Wildman–Crippen MR) is 141 cm³/mol. The van der Waals surface area contributed by atoms with Gasteiger partial charge >= 0.3 is 5.97 Å². The van der Waals surface area contributed by atoms with Crippen molar-refractivity contribution in [1.82, 2.24) is 20.0 Å². The van der Waals surface area contributed by atoms with Gasteiger partial charge in [0.05, 0.1) is 18.6 Å². The molecule has 1 saturated carbocycles. The Morgan fingerprint density at radius 2 is 2.03 bits per heavy atom. The van der Waals surface area contributed by atoms with Gasteiger partial charge in [0.1, 0.15) is 17.6 Å². The molecule has 4 heterocycles. The minimum Gasteiger partial charge on any atom is -0.473 e. The number of nitrogens with zero attached hydrogens (tertiary/aromatic N) is 4. The van der Waals surface area contributed by atoms with Crippen molar-refractivity contribution in [2.24, 2.45) is 0 Å². The van der Waals surface area contributed by atoms with E-state index in [1.165, 1.54) is 7.11 Å². The Kier molecular flexibility index (Phi) is 6.93. The molecule has 2 aliphatic carbocycles. The number of hydrogen-bond acceptors (Lipinski definition) is 10. The zero-order valence-corrected chi connectivity index (χ0v) is 22.8. The zero-order valence-electron chi connectivity index (χ0n) is 22.8. The van der Waals surface area contributed by atoms with Gasteiger partial charge in [-0.2, -0.15) is 4.98 Å². The van der Waals surface area contributed by atoms with Crippen molar-refractivity contribution >= 4 is 5.97 Å². The van der Waals surface area contributed by atoms with Crippen molar-refractivity contribution in [2.45, 2.75) is 88.4 Å². The summed E-state index contributed by atoms with van der Waals surface area (Å²) in [5.74, 6) is 1.47. The maximum absolute atomic E-state index is 12.0. The van der Waals surface area contributed by atoms with Gasteiger partial charge in [-0.15, -0.1) is 0 Å². The summed E-state index contributed by atoms with van der Waals surface area (Å²) in [4.78, 5) is 23.9. The molecule has 2 fully saturated rings. The van der Waals surface area contributed by atoms with Crippen LogP contribution in [0, 0.1) is 0 Å². The number of rotatable bonds is 6. The Morgan fingerprint density at radius 3 is 2.79 bits per heavy atom. The summed E-state index contributed by atoms with van der Waals surface area (Å²) in [6, 6.07) is 5.26. The smallest absolute Gasteiger partial charge is 0.373 e. The molecule has 0 aromatic carbocycles. The molecule has 3 aliphatic rings. The van der Waals surface area contributed by atoms with Crippen LogP contribution in [0.3, 0.4) is 0 Å². The standard InChI is InChI=1S/C29H36N4O6/c1-17(20-9-7-15-33(20)2)37-24-16-19(21-11-12-22(38-21)28(35)36-3)30-27(31-24)25-18-8-6-14-29(26(18)39-32-25)13-5-4-10-23(29)34/h11-12,16-17,20,23,34H,4-10,13-15H2,1-3H3/t17-,20-,23?,29+/m0/s1. The number of carbonyl (C=O) groups excluding carboxylic acids is 1. The van der Waals surface area contributed by atoms with E-state index in [4.69, 9.17) is 28.4 Å². The van der Waals surface area contributed by atoms with E-state index in [-0.39, 0.29) is 17.9 Å². The van der Waals surface area contributed by atoms with Gasteiger partial charge in [-0.1, -0.05) is 18.0 Å². The topological polar surface area (TPSA) is 124 Å². The number of likely N-dealkylation sites (tertiary alicyclic amines) is 1. The lowest BCUT2D eigenvalue weighted by atomic mass is 9.63. The summed E-state index contributed by atoms with van der Waals surface area (Å²) in [5.41, 5.74) is 1.60. The number of carbonyl (C=O) groups is 1. The highest BCUT2D eigenvalue weighted by Crippen LogP contribution is 2.49. The molecule has 1 N–H and O–H groups in total. The van der Waals surface area contributed by atoms with E-state index >= 15 is 0 Å². The molecular formula is C29H36N4O6. The summed E-state index contributed by atoms with van der Waals surface area (Å²) >= 11 is 0. The number of fused-ring (bicyclic) bond motifs is 2. The van der Waals surface area contributed by atoms with Crippen LogP contribution in [0.1, 0.15) is 80.2 Å². The fourth-order valence-corrected chi connectivity index (χ4v) is 6.78. The van der Waals surface area contributed by atoms with Crippen LogP contribution in [0.2, 0.25) is 0 Å². The number of hydrogen-bond donors (Lipinski definition) is 1. The molecule has 0 bridgehead atoms. The lowest BCUT2D eigenvalue weighted by Gasteiger charge is -2.42. The molecule has 6 rings (SSSR count). The monoisotopic (exact) mass is 536 g/mol. The van der Waals surface area contributed by atoms with Gasteiger partial charge in [0.2, 0.25) is 11.6 Å². The third kappa shape index (κ3) is 4.63. The molecule has 4 atom stereocenters. The largest absolute Gasteiger partial charge is 0.473 e. The van der Waals surface area contributed by atoms with Crippen LogP contribution < -0.4 is 4.74 Å². The average Bonchev–Trinajstić information content (AvgIpc) is 3.70. The molecule has 0 amide bonds. The summed E-state index contributed by atoms with van der Waals surface area (Å²) in [6.07, 6.45) is 8.01. The van der Waals surface area contributed by atoms with Gasteiger partial charge in [-0.05, 0) is 77.6 Å². The average molecular weight is 537 g/mol. The van der Waals surface area contributed by atoms with Gasteiger partial charge in [-0.3, -0.25) is 4.90 Å². The fraction of sp³-hybridized carbons (Fsp3) is 0.586. The molecule has 208 valence electrons. The molecule has 1 saturated heterocycles. The fourth-order valence-electron chi connectivity index (χ4n) is 6.78. The van der Waals surface area contributed by atoms with E-state index in [1.807, 2.05) is 0 Å². The number of aliphatic hydroxyl groups is 1. The quantitative estimate of drug-likeness (QED) is 0.449. The Bertz CT molecular complexity index is 1350.